The Balaban J connectivity index is 4.26. The first kappa shape index (κ1) is 12.2. The molecule has 0 unspecified atom stereocenters. The maximum absolute atomic E-state index is 9.58. The molecule has 0 aliphatic heterocycles. The predicted octanol–water partition coefficient (Wildman–Crippen LogP) is 3.08. The minimum Gasteiger partial charge on any atom is -0.388 e. The summed E-state index contributed by atoms with van der Waals surface area (Å²) in [5.41, 5.74) is 1.19. The van der Waals surface area contributed by atoms with Gasteiger partial charge in [0, 0.05) is 5.92 Å². The van der Waals surface area contributed by atoms with E-state index in [0.717, 1.165) is 0 Å². The highest BCUT2D eigenvalue weighted by Crippen LogP contribution is 2.10. The molecule has 0 aromatic carbocycles. The average molecular weight is 180 g/mol. The Labute approximate surface area is 81.5 Å². The molecule has 0 saturated carbocycles. The summed E-state index contributed by atoms with van der Waals surface area (Å²) < 4.78 is 0. The third-order valence-corrected chi connectivity index (χ3v) is 1.88. The number of hydrogen-bond acceptors (Lipinski definition) is 1. The molecule has 0 heterocycles. The summed E-state index contributed by atoms with van der Waals surface area (Å²) in [4.78, 5) is 0. The van der Waals surface area contributed by atoms with E-state index in [0.29, 0.717) is 0 Å². The lowest BCUT2D eigenvalue weighted by Gasteiger charge is -2.11. The predicted molar refractivity (Wildman–Crippen MR) is 58.6 cm³/mol. The van der Waals surface area contributed by atoms with Gasteiger partial charge in [-0.1, -0.05) is 42.9 Å². The zero-order valence-corrected chi connectivity index (χ0v) is 8.99. The molecule has 0 bridgehead atoms. The Bertz CT molecular complexity index is 211. The molecule has 0 aliphatic rings. The molecule has 1 N–H and O–H groups in total. The van der Waals surface area contributed by atoms with Crippen molar-refractivity contribution >= 4 is 0 Å². The zero-order valence-electron chi connectivity index (χ0n) is 8.99. The lowest BCUT2D eigenvalue weighted by molar-refractivity contribution is 0.185. The second kappa shape index (κ2) is 6.67. The van der Waals surface area contributed by atoms with Crippen LogP contribution in [0.5, 0.6) is 0 Å². The summed E-state index contributed by atoms with van der Waals surface area (Å²) in [5.74, 6) is 0.174. The Kier molecular flexibility index (Phi) is 6.25. The maximum Gasteiger partial charge on any atom is 0.0780 e. The van der Waals surface area contributed by atoms with Gasteiger partial charge in [0.2, 0.25) is 0 Å². The fraction of sp³-hybridized carbons (Fsp3) is 0.500. The van der Waals surface area contributed by atoms with Gasteiger partial charge in [0.25, 0.3) is 0 Å². The lowest BCUT2D eigenvalue weighted by atomic mass is 10.0. The van der Waals surface area contributed by atoms with Crippen LogP contribution in [0, 0.1) is 5.92 Å². The van der Waals surface area contributed by atoms with Crippen LogP contribution in [0.25, 0.3) is 0 Å². The fourth-order valence-electron chi connectivity index (χ4n) is 1.20. The van der Waals surface area contributed by atoms with E-state index in [1.807, 2.05) is 52.0 Å². The van der Waals surface area contributed by atoms with Gasteiger partial charge in [-0.05, 0) is 20.8 Å². The third kappa shape index (κ3) is 5.42. The standard InChI is InChI=1S/C12H20O/c1-5-7-10(3)9-11(4)12(13)8-6-2/h5-9,11-13H,1-4H3/b7-5+,8-6+,10-9+/t11-,12-/m0/s1. The number of rotatable bonds is 4. The monoisotopic (exact) mass is 180 g/mol. The summed E-state index contributed by atoms with van der Waals surface area (Å²) >= 11 is 0. The smallest absolute Gasteiger partial charge is 0.0780 e. The Morgan fingerprint density at radius 2 is 1.85 bits per heavy atom. The molecule has 0 rings (SSSR count). The molecule has 2 atom stereocenters. The van der Waals surface area contributed by atoms with Crippen molar-refractivity contribution in [3.8, 4) is 0 Å². The van der Waals surface area contributed by atoms with Crippen molar-refractivity contribution in [1.82, 2.24) is 0 Å². The molecule has 74 valence electrons. The Hall–Kier alpha value is -0.820. The van der Waals surface area contributed by atoms with E-state index in [9.17, 15) is 5.11 Å². The molecule has 0 spiro atoms. The van der Waals surface area contributed by atoms with Crippen molar-refractivity contribution in [3.63, 3.8) is 0 Å². The molecular weight excluding hydrogens is 160 g/mol. The van der Waals surface area contributed by atoms with Crippen LogP contribution in [0.1, 0.15) is 27.7 Å². The van der Waals surface area contributed by atoms with E-state index >= 15 is 0 Å². The second-order valence-electron chi connectivity index (χ2n) is 3.29. The SMILES string of the molecule is C/C=C/C(C)=C/[C@H](C)[C@@H](O)/C=C/C. The van der Waals surface area contributed by atoms with Gasteiger partial charge in [0.05, 0.1) is 6.10 Å². The van der Waals surface area contributed by atoms with Crippen LogP contribution < -0.4 is 0 Å². The Morgan fingerprint density at radius 3 is 2.31 bits per heavy atom. The third-order valence-electron chi connectivity index (χ3n) is 1.88. The van der Waals surface area contributed by atoms with E-state index in [-0.39, 0.29) is 12.0 Å². The van der Waals surface area contributed by atoms with Crippen molar-refractivity contribution in [1.29, 1.82) is 0 Å². The zero-order chi connectivity index (χ0) is 10.3. The van der Waals surface area contributed by atoms with E-state index < -0.39 is 0 Å². The van der Waals surface area contributed by atoms with Gasteiger partial charge in [-0.25, -0.2) is 0 Å². The molecule has 13 heavy (non-hydrogen) atoms. The fourth-order valence-corrected chi connectivity index (χ4v) is 1.20. The first-order chi connectivity index (χ1) is 6.11. The van der Waals surface area contributed by atoms with Gasteiger partial charge in [0.15, 0.2) is 0 Å². The van der Waals surface area contributed by atoms with Crippen molar-refractivity contribution in [3.05, 3.63) is 36.0 Å². The minimum absolute atomic E-state index is 0.174. The van der Waals surface area contributed by atoms with Gasteiger partial charge in [-0.2, -0.15) is 0 Å². The molecule has 0 aromatic rings. The molecular formula is C12H20O. The van der Waals surface area contributed by atoms with Crippen LogP contribution in [0.15, 0.2) is 36.0 Å². The molecule has 1 nitrogen and oxygen atoms in total. The Morgan fingerprint density at radius 1 is 1.23 bits per heavy atom. The van der Waals surface area contributed by atoms with Crippen LogP contribution in [0.3, 0.4) is 0 Å². The van der Waals surface area contributed by atoms with Crippen LogP contribution >= 0.6 is 0 Å². The van der Waals surface area contributed by atoms with Crippen molar-refractivity contribution in [2.75, 3.05) is 0 Å². The minimum atomic E-state index is -0.370. The topological polar surface area (TPSA) is 20.2 Å². The van der Waals surface area contributed by atoms with E-state index in [1.165, 1.54) is 5.57 Å². The highest BCUT2D eigenvalue weighted by molar-refractivity contribution is 5.17. The average Bonchev–Trinajstić information content (AvgIpc) is 2.05. The van der Waals surface area contributed by atoms with Gasteiger partial charge in [-0.3, -0.25) is 0 Å². The molecule has 0 aliphatic carbocycles. The molecule has 1 heteroatoms. The molecule has 0 fully saturated rings. The summed E-state index contributed by atoms with van der Waals surface area (Å²) in [6.45, 7) is 7.96. The molecule has 0 amide bonds. The highest BCUT2D eigenvalue weighted by atomic mass is 16.3. The summed E-state index contributed by atoms with van der Waals surface area (Å²) in [5, 5.41) is 9.58. The van der Waals surface area contributed by atoms with Crippen LogP contribution in [0.2, 0.25) is 0 Å². The number of hydrogen-bond donors (Lipinski definition) is 1. The van der Waals surface area contributed by atoms with Gasteiger partial charge < -0.3 is 5.11 Å². The summed E-state index contributed by atoms with van der Waals surface area (Å²) in [6.07, 6.45) is 9.43. The normalized spacial score (nSPS) is 18.4. The molecule has 0 radical (unpaired) electrons. The van der Waals surface area contributed by atoms with Crippen LogP contribution in [-0.2, 0) is 0 Å². The summed E-state index contributed by atoms with van der Waals surface area (Å²) in [6, 6.07) is 0. The lowest BCUT2D eigenvalue weighted by Crippen LogP contribution is -2.12. The van der Waals surface area contributed by atoms with Gasteiger partial charge in [0.1, 0.15) is 0 Å². The highest BCUT2D eigenvalue weighted by Gasteiger charge is 2.06. The van der Waals surface area contributed by atoms with Crippen molar-refractivity contribution in [2.45, 2.75) is 33.8 Å². The largest absolute Gasteiger partial charge is 0.388 e. The van der Waals surface area contributed by atoms with Gasteiger partial charge in [-0.15, -0.1) is 0 Å². The van der Waals surface area contributed by atoms with E-state index in [2.05, 4.69) is 6.08 Å². The number of allylic oxidation sites excluding steroid dienone is 4. The van der Waals surface area contributed by atoms with Gasteiger partial charge >= 0.3 is 0 Å². The summed E-state index contributed by atoms with van der Waals surface area (Å²) in [7, 11) is 0. The van der Waals surface area contributed by atoms with E-state index in [1.54, 1.807) is 0 Å². The quantitative estimate of drug-likeness (QED) is 0.520. The van der Waals surface area contributed by atoms with Crippen molar-refractivity contribution < 1.29 is 5.11 Å². The van der Waals surface area contributed by atoms with Crippen LogP contribution in [-0.4, -0.2) is 11.2 Å². The molecule has 0 saturated heterocycles. The first-order valence-corrected chi connectivity index (χ1v) is 4.73. The first-order valence-electron chi connectivity index (χ1n) is 4.73. The second-order valence-corrected chi connectivity index (χ2v) is 3.29. The van der Waals surface area contributed by atoms with Crippen LogP contribution in [0.4, 0.5) is 0 Å². The van der Waals surface area contributed by atoms with E-state index in [4.69, 9.17) is 0 Å². The van der Waals surface area contributed by atoms with Crippen molar-refractivity contribution in [2.24, 2.45) is 5.92 Å². The molecule has 0 aromatic heterocycles. The number of aliphatic hydroxyl groups excluding tert-OH is 1. The number of aliphatic hydroxyl groups is 1. The maximum atomic E-state index is 9.58.